The summed E-state index contributed by atoms with van der Waals surface area (Å²) in [6.07, 6.45) is 14.5. The second-order valence-corrected chi connectivity index (χ2v) is 18.8. The molecule has 1 atom stereocenters. The Morgan fingerprint density at radius 1 is 0.557 bits per heavy atom. The molecule has 1 unspecified atom stereocenters. The van der Waals surface area contributed by atoms with Gasteiger partial charge in [-0.05, 0) is 122 Å². The Balaban J connectivity index is 1.06. The van der Waals surface area contributed by atoms with Crippen molar-refractivity contribution < 1.29 is 0 Å². The van der Waals surface area contributed by atoms with Crippen molar-refractivity contribution in [1.29, 1.82) is 0 Å². The number of nitrogens with zero attached hydrogens (tertiary/aromatic N) is 1. The first-order valence-corrected chi connectivity index (χ1v) is 24.3. The van der Waals surface area contributed by atoms with Crippen LogP contribution in [0.4, 0.5) is 5.69 Å². The highest BCUT2D eigenvalue weighted by Crippen LogP contribution is 2.59. The molecule has 0 amide bonds. The second kappa shape index (κ2) is 17.7. The lowest BCUT2D eigenvalue weighted by Gasteiger charge is -2.34. The fourth-order valence-corrected chi connectivity index (χ4v) is 11.2. The number of hydrogen-bond donors (Lipinski definition) is 1. The average Bonchev–Trinajstić information content (AvgIpc) is 3.93. The van der Waals surface area contributed by atoms with Crippen LogP contribution in [0.5, 0.6) is 0 Å². The Bertz CT molecular complexity index is 3650. The van der Waals surface area contributed by atoms with Crippen LogP contribution in [0.2, 0.25) is 0 Å². The molecule has 70 heavy (non-hydrogen) atoms. The number of benzene rings is 9. The van der Waals surface area contributed by atoms with E-state index in [2.05, 4.69) is 290 Å². The maximum atomic E-state index is 4.59. The zero-order chi connectivity index (χ0) is 47.1. The number of fused-ring (bicyclic) bond motifs is 7. The van der Waals surface area contributed by atoms with Gasteiger partial charge < -0.3 is 9.88 Å². The van der Waals surface area contributed by atoms with Crippen LogP contribution >= 0.6 is 0 Å². The molecule has 0 bridgehead atoms. The summed E-state index contributed by atoms with van der Waals surface area (Å²) >= 11 is 0. The number of aromatic nitrogens is 1. The molecule has 0 saturated heterocycles. The highest BCUT2D eigenvalue weighted by Gasteiger charge is 2.47. The molecular formula is C68H52N2. The van der Waals surface area contributed by atoms with Crippen LogP contribution in [0, 0.1) is 0 Å². The van der Waals surface area contributed by atoms with E-state index in [4.69, 9.17) is 0 Å². The minimum absolute atomic E-state index is 0.380. The maximum absolute atomic E-state index is 4.59. The van der Waals surface area contributed by atoms with Crippen LogP contribution in [0.15, 0.2) is 274 Å². The largest absolute Gasteiger partial charge is 0.362 e. The Hall–Kier alpha value is -8.72. The fourth-order valence-electron chi connectivity index (χ4n) is 11.2. The van der Waals surface area contributed by atoms with Crippen molar-refractivity contribution in [2.24, 2.45) is 0 Å². The van der Waals surface area contributed by atoms with E-state index < -0.39 is 5.41 Å². The third-order valence-electron chi connectivity index (χ3n) is 14.6. The summed E-state index contributed by atoms with van der Waals surface area (Å²) in [6, 6.07) is 83.6. The summed E-state index contributed by atoms with van der Waals surface area (Å²) < 4.78 is 2.67. The van der Waals surface area contributed by atoms with Crippen molar-refractivity contribution in [3.63, 3.8) is 0 Å². The van der Waals surface area contributed by atoms with Crippen LogP contribution in [-0.2, 0) is 11.0 Å². The van der Waals surface area contributed by atoms with Gasteiger partial charge in [0.1, 0.15) is 0 Å². The van der Waals surface area contributed by atoms with Crippen molar-refractivity contribution in [1.82, 2.24) is 4.57 Å². The van der Waals surface area contributed by atoms with Crippen LogP contribution in [-0.4, -0.2) is 4.57 Å². The zero-order valence-corrected chi connectivity index (χ0v) is 39.3. The molecular weight excluding hydrogens is 845 g/mol. The molecule has 1 heterocycles. The normalized spacial score (nSPS) is 16.0. The minimum Gasteiger partial charge on any atom is -0.362 e. The topological polar surface area (TPSA) is 17.0 Å². The van der Waals surface area contributed by atoms with Crippen molar-refractivity contribution in [2.45, 2.75) is 24.3 Å². The Morgan fingerprint density at radius 3 is 1.81 bits per heavy atom. The molecule has 1 N–H and O–H groups in total. The highest BCUT2D eigenvalue weighted by atomic mass is 15.1. The lowest BCUT2D eigenvalue weighted by Crippen LogP contribution is -2.29. The number of hydrogen-bond acceptors (Lipinski definition) is 1. The molecule has 0 radical (unpaired) electrons. The third-order valence-corrected chi connectivity index (χ3v) is 14.6. The van der Waals surface area contributed by atoms with Crippen molar-refractivity contribution in [2.75, 3.05) is 5.32 Å². The van der Waals surface area contributed by atoms with Gasteiger partial charge in [-0.15, -0.1) is 0 Å². The van der Waals surface area contributed by atoms with Crippen molar-refractivity contribution >= 4 is 44.2 Å². The molecule has 0 aliphatic heterocycles. The molecule has 2 aliphatic carbocycles. The van der Waals surface area contributed by atoms with E-state index in [-0.39, 0.29) is 5.54 Å². The SMILES string of the molecule is C=C(/C=C(\C=C/Nc1ccc(-c2ccccc2)cc1)c1ccc2c(c1)c1ccc3c(c1n2C1(C)C=CC(c2ccccc2)=CC1)-c1ccccc1C3(c1ccccc1)c1ccccc1)c1ccccc1. The smallest absolute Gasteiger partial charge is 0.0714 e. The van der Waals surface area contributed by atoms with E-state index in [9.17, 15) is 0 Å². The van der Waals surface area contributed by atoms with E-state index in [1.807, 2.05) is 0 Å². The van der Waals surface area contributed by atoms with Gasteiger partial charge >= 0.3 is 0 Å². The zero-order valence-electron chi connectivity index (χ0n) is 39.3. The van der Waals surface area contributed by atoms with Crippen LogP contribution in [0.3, 0.4) is 0 Å². The molecule has 12 rings (SSSR count). The number of anilines is 1. The molecule has 2 aliphatic rings. The molecule has 2 heteroatoms. The van der Waals surface area contributed by atoms with Gasteiger partial charge in [-0.3, -0.25) is 0 Å². The summed E-state index contributed by atoms with van der Waals surface area (Å²) in [5.41, 5.74) is 19.4. The number of rotatable bonds is 11. The van der Waals surface area contributed by atoms with Crippen LogP contribution in [0.1, 0.15) is 52.3 Å². The summed E-state index contributed by atoms with van der Waals surface area (Å²) in [5.74, 6) is 0. The molecule has 2 nitrogen and oxygen atoms in total. The Labute approximate surface area is 411 Å². The van der Waals surface area contributed by atoms with E-state index in [1.165, 1.54) is 77.5 Å². The Kier molecular flexibility index (Phi) is 10.8. The summed E-state index contributed by atoms with van der Waals surface area (Å²) in [6.45, 7) is 7.00. The van der Waals surface area contributed by atoms with Gasteiger partial charge in [-0.2, -0.15) is 0 Å². The average molecular weight is 897 g/mol. The molecule has 1 aromatic heterocycles. The molecule has 10 aromatic rings. The van der Waals surface area contributed by atoms with E-state index in [1.54, 1.807) is 0 Å². The highest BCUT2D eigenvalue weighted by molar-refractivity contribution is 6.16. The molecule has 334 valence electrons. The Morgan fingerprint density at radius 2 is 1.16 bits per heavy atom. The lowest BCUT2D eigenvalue weighted by atomic mass is 9.67. The van der Waals surface area contributed by atoms with Gasteiger partial charge in [0, 0.05) is 33.7 Å². The van der Waals surface area contributed by atoms with Gasteiger partial charge in [0.2, 0.25) is 0 Å². The van der Waals surface area contributed by atoms with Gasteiger partial charge in [0.05, 0.1) is 16.5 Å². The van der Waals surface area contributed by atoms with Gasteiger partial charge in [0.25, 0.3) is 0 Å². The minimum atomic E-state index is -0.522. The summed E-state index contributed by atoms with van der Waals surface area (Å²) in [5, 5.41) is 6.02. The maximum Gasteiger partial charge on any atom is 0.0714 e. The number of nitrogens with one attached hydrogen (secondary N) is 1. The predicted molar refractivity (Wildman–Crippen MR) is 297 cm³/mol. The van der Waals surface area contributed by atoms with E-state index in [0.717, 1.165) is 34.4 Å². The van der Waals surface area contributed by atoms with Crippen molar-refractivity contribution in [3.05, 3.63) is 313 Å². The van der Waals surface area contributed by atoms with E-state index in [0.29, 0.717) is 0 Å². The van der Waals surface area contributed by atoms with Crippen molar-refractivity contribution in [3.8, 4) is 22.3 Å². The van der Waals surface area contributed by atoms with Crippen LogP contribution in [0.25, 0.3) is 60.8 Å². The van der Waals surface area contributed by atoms with Gasteiger partial charge in [-0.1, -0.05) is 231 Å². The standard InChI is InChI=1S/C68H52N2/c1-48(49-20-8-3-9-21-49)46-55(42-45-69-58-35-32-52(33-36-58)50-22-10-4-11-23-50)54-34-39-64-61(47-54)59-37-38-63-65(66(59)70(64)67(2)43-40-53(41-44-67)51-24-12-5-13-25-51)60-30-18-19-31-62(60)68(63,56-26-14-6-15-27-56)57-28-16-7-17-29-57/h3-43,45-47,69H,1,44H2,2H3/b45-42-,55-46+. The van der Waals surface area contributed by atoms with Crippen LogP contribution < -0.4 is 5.32 Å². The first-order chi connectivity index (χ1) is 34.5. The quantitative estimate of drug-likeness (QED) is 0.128. The predicted octanol–water partition coefficient (Wildman–Crippen LogP) is 17.3. The third kappa shape index (κ3) is 7.28. The summed E-state index contributed by atoms with van der Waals surface area (Å²) in [7, 11) is 0. The monoisotopic (exact) mass is 896 g/mol. The van der Waals surface area contributed by atoms with Gasteiger partial charge in [-0.25, -0.2) is 0 Å². The first-order valence-electron chi connectivity index (χ1n) is 24.3. The molecule has 0 spiro atoms. The number of allylic oxidation sites excluding steroid dienone is 8. The van der Waals surface area contributed by atoms with Gasteiger partial charge in [0.15, 0.2) is 0 Å². The second-order valence-electron chi connectivity index (χ2n) is 18.8. The lowest BCUT2D eigenvalue weighted by molar-refractivity contribution is 0.439. The first kappa shape index (κ1) is 42.6. The van der Waals surface area contributed by atoms with E-state index >= 15 is 0 Å². The molecule has 0 fully saturated rings. The molecule has 9 aromatic carbocycles. The summed E-state index contributed by atoms with van der Waals surface area (Å²) in [4.78, 5) is 0. The molecule has 0 saturated carbocycles. The fraction of sp³-hybridized carbons (Fsp3) is 0.0588.